The molecule has 2 atom stereocenters. The standard InChI is InChI=1S/C11H23NO3/c1-4-10(5-6-13)8-12-7-9(2)11(14)15-3/h9-10,12-13H,4-8H2,1-3H3. The molecule has 4 heteroatoms. The zero-order chi connectivity index (χ0) is 11.7. The number of aliphatic hydroxyl groups is 1. The summed E-state index contributed by atoms with van der Waals surface area (Å²) in [5, 5.41) is 12.0. The van der Waals surface area contributed by atoms with Gasteiger partial charge in [-0.15, -0.1) is 0 Å². The van der Waals surface area contributed by atoms with Gasteiger partial charge in [0.2, 0.25) is 0 Å². The number of aliphatic hydroxyl groups excluding tert-OH is 1. The summed E-state index contributed by atoms with van der Waals surface area (Å²) >= 11 is 0. The summed E-state index contributed by atoms with van der Waals surface area (Å²) in [5.41, 5.74) is 0. The van der Waals surface area contributed by atoms with Crippen molar-refractivity contribution in [1.82, 2.24) is 5.32 Å². The molecular weight excluding hydrogens is 194 g/mol. The Morgan fingerprint density at radius 1 is 1.47 bits per heavy atom. The lowest BCUT2D eigenvalue weighted by Gasteiger charge is -2.16. The van der Waals surface area contributed by atoms with Crippen LogP contribution in [0.1, 0.15) is 26.7 Å². The zero-order valence-corrected chi connectivity index (χ0v) is 9.95. The molecule has 0 aromatic carbocycles. The Hall–Kier alpha value is -0.610. The summed E-state index contributed by atoms with van der Waals surface area (Å²) in [6.07, 6.45) is 1.86. The second-order valence-corrected chi connectivity index (χ2v) is 3.87. The maximum absolute atomic E-state index is 11.1. The van der Waals surface area contributed by atoms with Gasteiger partial charge in [-0.2, -0.15) is 0 Å². The molecule has 2 N–H and O–H groups in total. The Morgan fingerprint density at radius 3 is 2.60 bits per heavy atom. The highest BCUT2D eigenvalue weighted by Crippen LogP contribution is 2.06. The molecule has 0 spiro atoms. The molecule has 0 aliphatic carbocycles. The first-order valence-electron chi connectivity index (χ1n) is 5.55. The molecule has 15 heavy (non-hydrogen) atoms. The fourth-order valence-corrected chi connectivity index (χ4v) is 1.42. The van der Waals surface area contributed by atoms with Crippen LogP contribution in [0.5, 0.6) is 0 Å². The number of rotatable bonds is 8. The van der Waals surface area contributed by atoms with Crippen LogP contribution in [0.2, 0.25) is 0 Å². The van der Waals surface area contributed by atoms with Crippen molar-refractivity contribution in [2.75, 3.05) is 26.8 Å². The van der Waals surface area contributed by atoms with Gasteiger partial charge >= 0.3 is 5.97 Å². The normalized spacial score (nSPS) is 14.7. The van der Waals surface area contributed by atoms with Gasteiger partial charge in [0, 0.05) is 13.2 Å². The molecule has 0 aliphatic heterocycles. The summed E-state index contributed by atoms with van der Waals surface area (Å²) in [7, 11) is 1.40. The van der Waals surface area contributed by atoms with Gasteiger partial charge in [0.1, 0.15) is 0 Å². The van der Waals surface area contributed by atoms with E-state index in [9.17, 15) is 4.79 Å². The molecule has 0 heterocycles. The minimum Gasteiger partial charge on any atom is -0.469 e. The Balaban J connectivity index is 3.62. The SMILES string of the molecule is CCC(CCO)CNCC(C)C(=O)OC. The molecule has 90 valence electrons. The molecule has 0 radical (unpaired) electrons. The van der Waals surface area contributed by atoms with Crippen molar-refractivity contribution in [3.8, 4) is 0 Å². The fraction of sp³-hybridized carbons (Fsp3) is 0.909. The van der Waals surface area contributed by atoms with Crippen LogP contribution >= 0.6 is 0 Å². The van der Waals surface area contributed by atoms with Crippen LogP contribution in [0.25, 0.3) is 0 Å². The topological polar surface area (TPSA) is 58.6 Å². The highest BCUT2D eigenvalue weighted by atomic mass is 16.5. The number of methoxy groups -OCH3 is 1. The predicted octanol–water partition coefficient (Wildman–Crippen LogP) is 0.794. The lowest BCUT2D eigenvalue weighted by Crippen LogP contribution is -2.31. The quantitative estimate of drug-likeness (QED) is 0.590. The predicted molar refractivity (Wildman–Crippen MR) is 59.5 cm³/mol. The van der Waals surface area contributed by atoms with Crippen LogP contribution in [0.3, 0.4) is 0 Å². The highest BCUT2D eigenvalue weighted by Gasteiger charge is 2.13. The average molecular weight is 217 g/mol. The van der Waals surface area contributed by atoms with E-state index in [1.807, 2.05) is 6.92 Å². The number of hydrogen-bond donors (Lipinski definition) is 2. The van der Waals surface area contributed by atoms with E-state index in [1.165, 1.54) is 7.11 Å². The lowest BCUT2D eigenvalue weighted by atomic mass is 10.0. The molecular formula is C11H23NO3. The molecule has 4 nitrogen and oxygen atoms in total. The largest absolute Gasteiger partial charge is 0.469 e. The van der Waals surface area contributed by atoms with Gasteiger partial charge in [-0.05, 0) is 18.9 Å². The number of carbonyl (C=O) groups excluding carboxylic acids is 1. The second-order valence-electron chi connectivity index (χ2n) is 3.87. The van der Waals surface area contributed by atoms with Crippen LogP contribution in [-0.2, 0) is 9.53 Å². The third-order valence-corrected chi connectivity index (χ3v) is 2.60. The summed E-state index contributed by atoms with van der Waals surface area (Å²) in [4.78, 5) is 11.1. The third-order valence-electron chi connectivity index (χ3n) is 2.60. The van der Waals surface area contributed by atoms with Gasteiger partial charge in [0.05, 0.1) is 13.0 Å². The van der Waals surface area contributed by atoms with E-state index in [0.717, 1.165) is 19.4 Å². The van der Waals surface area contributed by atoms with Gasteiger partial charge in [0.25, 0.3) is 0 Å². The lowest BCUT2D eigenvalue weighted by molar-refractivity contribution is -0.144. The number of carbonyl (C=O) groups is 1. The van der Waals surface area contributed by atoms with E-state index in [0.29, 0.717) is 12.5 Å². The Bertz CT molecular complexity index is 173. The summed E-state index contributed by atoms with van der Waals surface area (Å²) in [6, 6.07) is 0. The van der Waals surface area contributed by atoms with E-state index in [-0.39, 0.29) is 18.5 Å². The Kier molecular flexibility index (Phi) is 8.33. The van der Waals surface area contributed by atoms with Crippen molar-refractivity contribution in [1.29, 1.82) is 0 Å². The minimum atomic E-state index is -0.183. The van der Waals surface area contributed by atoms with Gasteiger partial charge < -0.3 is 15.2 Å². The molecule has 0 saturated heterocycles. The fourth-order valence-electron chi connectivity index (χ4n) is 1.42. The van der Waals surface area contributed by atoms with E-state index < -0.39 is 0 Å². The minimum absolute atomic E-state index is 0.110. The number of hydrogen-bond acceptors (Lipinski definition) is 4. The van der Waals surface area contributed by atoms with Crippen molar-refractivity contribution in [3.63, 3.8) is 0 Å². The molecule has 0 fully saturated rings. The van der Waals surface area contributed by atoms with Gasteiger partial charge in [-0.3, -0.25) is 4.79 Å². The van der Waals surface area contributed by atoms with Crippen molar-refractivity contribution in [2.24, 2.45) is 11.8 Å². The van der Waals surface area contributed by atoms with Crippen molar-refractivity contribution in [3.05, 3.63) is 0 Å². The van der Waals surface area contributed by atoms with Crippen molar-refractivity contribution >= 4 is 5.97 Å². The monoisotopic (exact) mass is 217 g/mol. The summed E-state index contributed by atoms with van der Waals surface area (Å²) < 4.78 is 4.62. The van der Waals surface area contributed by atoms with Crippen molar-refractivity contribution < 1.29 is 14.6 Å². The zero-order valence-electron chi connectivity index (χ0n) is 9.95. The van der Waals surface area contributed by atoms with E-state index in [2.05, 4.69) is 17.0 Å². The van der Waals surface area contributed by atoms with Gasteiger partial charge in [-0.25, -0.2) is 0 Å². The molecule has 0 amide bonds. The van der Waals surface area contributed by atoms with Crippen molar-refractivity contribution in [2.45, 2.75) is 26.7 Å². The van der Waals surface area contributed by atoms with E-state index in [4.69, 9.17) is 5.11 Å². The maximum Gasteiger partial charge on any atom is 0.309 e. The molecule has 0 aromatic heterocycles. The third kappa shape index (κ3) is 6.47. The Labute approximate surface area is 92.0 Å². The molecule has 0 aromatic rings. The van der Waals surface area contributed by atoms with Crippen LogP contribution < -0.4 is 5.32 Å². The number of ether oxygens (including phenoxy) is 1. The van der Waals surface area contributed by atoms with Crippen LogP contribution in [0.4, 0.5) is 0 Å². The molecule has 0 rings (SSSR count). The maximum atomic E-state index is 11.1. The van der Waals surface area contributed by atoms with Crippen LogP contribution in [0, 0.1) is 11.8 Å². The van der Waals surface area contributed by atoms with Crippen LogP contribution in [0.15, 0.2) is 0 Å². The average Bonchev–Trinajstić information content (AvgIpc) is 2.26. The summed E-state index contributed by atoms with van der Waals surface area (Å²) in [5.74, 6) is 0.194. The van der Waals surface area contributed by atoms with Crippen LogP contribution in [-0.4, -0.2) is 37.9 Å². The first kappa shape index (κ1) is 14.4. The molecule has 0 aliphatic rings. The molecule has 0 saturated carbocycles. The summed E-state index contributed by atoms with van der Waals surface area (Å²) in [6.45, 7) is 5.65. The first-order chi connectivity index (χ1) is 7.15. The van der Waals surface area contributed by atoms with Gasteiger partial charge in [-0.1, -0.05) is 20.3 Å². The second kappa shape index (κ2) is 8.68. The molecule has 0 bridgehead atoms. The molecule has 2 unspecified atom stereocenters. The first-order valence-corrected chi connectivity index (χ1v) is 5.55. The van der Waals surface area contributed by atoms with E-state index >= 15 is 0 Å². The number of esters is 1. The van der Waals surface area contributed by atoms with Gasteiger partial charge in [0.15, 0.2) is 0 Å². The number of nitrogens with one attached hydrogen (secondary N) is 1. The smallest absolute Gasteiger partial charge is 0.309 e. The Morgan fingerprint density at radius 2 is 2.13 bits per heavy atom. The highest BCUT2D eigenvalue weighted by molar-refractivity contribution is 5.71. The van der Waals surface area contributed by atoms with E-state index in [1.54, 1.807) is 0 Å².